The molecule has 8 heteroatoms. The van der Waals surface area contributed by atoms with E-state index in [1.807, 2.05) is 37.2 Å². The Morgan fingerprint density at radius 2 is 1.72 bits per heavy atom. The summed E-state index contributed by atoms with van der Waals surface area (Å²) in [4.78, 5) is 14.7. The molecule has 158 valence electrons. The second kappa shape index (κ2) is 9.76. The van der Waals surface area contributed by atoms with Gasteiger partial charge in [-0.05, 0) is 24.3 Å². The topological polar surface area (TPSA) is 79.0 Å². The van der Waals surface area contributed by atoms with Gasteiger partial charge in [-0.1, -0.05) is 32.0 Å². The number of amides is 1. The summed E-state index contributed by atoms with van der Waals surface area (Å²) in [6, 6.07) is 12.1. The highest BCUT2D eigenvalue weighted by Crippen LogP contribution is 2.29. The number of nitrogens with one attached hydrogen (secondary N) is 1. The van der Waals surface area contributed by atoms with E-state index in [0.717, 1.165) is 11.3 Å². The maximum Gasteiger partial charge on any atom is 0.243 e. The van der Waals surface area contributed by atoms with E-state index in [2.05, 4.69) is 5.32 Å². The monoisotopic (exact) mass is 419 g/mol. The zero-order chi connectivity index (χ0) is 21.6. The summed E-state index contributed by atoms with van der Waals surface area (Å²) in [6.07, 6.45) is 0.115. The Bertz CT molecular complexity index is 954. The molecule has 0 aliphatic heterocycles. The summed E-state index contributed by atoms with van der Waals surface area (Å²) >= 11 is 0. The van der Waals surface area contributed by atoms with Gasteiger partial charge in [0.1, 0.15) is 5.75 Å². The Morgan fingerprint density at radius 1 is 1.07 bits per heavy atom. The van der Waals surface area contributed by atoms with Crippen LogP contribution >= 0.6 is 0 Å². The van der Waals surface area contributed by atoms with Crippen molar-refractivity contribution in [2.24, 2.45) is 0 Å². The molecule has 2 rings (SSSR count). The zero-order valence-corrected chi connectivity index (χ0v) is 18.4. The van der Waals surface area contributed by atoms with Crippen molar-refractivity contribution in [3.63, 3.8) is 0 Å². The van der Waals surface area contributed by atoms with Crippen molar-refractivity contribution < 1.29 is 17.9 Å². The number of methoxy groups -OCH3 is 1. The molecule has 7 nitrogen and oxygen atoms in total. The third-order valence-electron chi connectivity index (χ3n) is 4.61. The average molecular weight is 420 g/mol. The lowest BCUT2D eigenvalue weighted by Crippen LogP contribution is -2.30. The minimum Gasteiger partial charge on any atom is -0.496 e. The molecular weight excluding hydrogens is 390 g/mol. The Kier molecular flexibility index (Phi) is 7.64. The molecule has 0 saturated heterocycles. The molecule has 0 aliphatic rings. The highest BCUT2D eigenvalue weighted by Gasteiger charge is 2.23. The maximum atomic E-state index is 12.9. The number of sulfonamides is 1. The van der Waals surface area contributed by atoms with E-state index in [1.165, 1.54) is 10.4 Å². The van der Waals surface area contributed by atoms with Gasteiger partial charge in [-0.15, -0.1) is 0 Å². The van der Waals surface area contributed by atoms with Crippen molar-refractivity contribution >= 4 is 27.3 Å². The van der Waals surface area contributed by atoms with Crippen molar-refractivity contribution in [2.45, 2.75) is 25.2 Å². The van der Waals surface area contributed by atoms with Crippen molar-refractivity contribution in [2.75, 3.05) is 44.5 Å². The van der Waals surface area contributed by atoms with Gasteiger partial charge < -0.3 is 15.0 Å². The van der Waals surface area contributed by atoms with Gasteiger partial charge in [0.05, 0.1) is 29.8 Å². The molecule has 0 unspecified atom stereocenters. The van der Waals surface area contributed by atoms with Crippen LogP contribution in [0.4, 0.5) is 11.4 Å². The van der Waals surface area contributed by atoms with Crippen LogP contribution < -0.4 is 15.0 Å². The van der Waals surface area contributed by atoms with Gasteiger partial charge in [-0.3, -0.25) is 4.79 Å². The van der Waals surface area contributed by atoms with E-state index in [-0.39, 0.29) is 17.2 Å². The second-order valence-electron chi connectivity index (χ2n) is 6.70. The lowest BCUT2D eigenvalue weighted by molar-refractivity contribution is -0.115. The van der Waals surface area contributed by atoms with Crippen LogP contribution in [0.15, 0.2) is 47.4 Å². The minimum atomic E-state index is -3.63. The van der Waals surface area contributed by atoms with Crippen LogP contribution in [-0.4, -0.2) is 52.9 Å². The summed E-state index contributed by atoms with van der Waals surface area (Å²) in [6.45, 7) is 4.35. The van der Waals surface area contributed by atoms with Crippen LogP contribution in [0.25, 0.3) is 0 Å². The maximum absolute atomic E-state index is 12.9. The van der Waals surface area contributed by atoms with Gasteiger partial charge in [0, 0.05) is 32.7 Å². The standard InChI is InChI=1S/C21H29N3O4S/c1-6-24(7-2)29(26,27)17-12-13-19(23(3)4)18(15-17)22-21(25)14-16-10-8-9-11-20(16)28-5/h8-13,15H,6-7,14H2,1-5H3,(H,22,25). The number of nitrogens with zero attached hydrogens (tertiary/aromatic N) is 2. The van der Waals surface area contributed by atoms with E-state index in [0.29, 0.717) is 24.5 Å². The molecule has 2 aromatic rings. The van der Waals surface area contributed by atoms with E-state index < -0.39 is 10.0 Å². The number of hydrogen-bond donors (Lipinski definition) is 1. The van der Waals surface area contributed by atoms with Gasteiger partial charge >= 0.3 is 0 Å². The van der Waals surface area contributed by atoms with E-state index >= 15 is 0 Å². The number of anilines is 2. The molecule has 0 spiro atoms. The molecule has 0 aliphatic carbocycles. The van der Waals surface area contributed by atoms with Gasteiger partial charge in [0.25, 0.3) is 0 Å². The molecule has 0 fully saturated rings. The molecule has 1 N–H and O–H groups in total. The lowest BCUT2D eigenvalue weighted by atomic mass is 10.1. The molecule has 0 radical (unpaired) electrons. The van der Waals surface area contributed by atoms with Gasteiger partial charge in [-0.2, -0.15) is 4.31 Å². The zero-order valence-electron chi connectivity index (χ0n) is 17.6. The summed E-state index contributed by atoms with van der Waals surface area (Å²) in [7, 11) is 1.60. The predicted octanol–water partition coefficient (Wildman–Crippen LogP) is 2.97. The smallest absolute Gasteiger partial charge is 0.243 e. The molecule has 0 bridgehead atoms. The third-order valence-corrected chi connectivity index (χ3v) is 6.66. The van der Waals surface area contributed by atoms with Crippen LogP contribution in [0.5, 0.6) is 5.75 Å². The molecule has 0 heterocycles. The Balaban J connectivity index is 2.36. The molecule has 0 aromatic heterocycles. The number of carbonyl (C=O) groups excluding carboxylic acids is 1. The van der Waals surface area contributed by atoms with Gasteiger partial charge in [-0.25, -0.2) is 8.42 Å². The van der Waals surface area contributed by atoms with Crippen LogP contribution in [0.2, 0.25) is 0 Å². The number of hydrogen-bond acceptors (Lipinski definition) is 5. The first kappa shape index (κ1) is 22.7. The fourth-order valence-electron chi connectivity index (χ4n) is 3.09. The number of ether oxygens (including phenoxy) is 1. The molecular formula is C21H29N3O4S. The van der Waals surface area contributed by atoms with Crippen molar-refractivity contribution in [1.82, 2.24) is 4.31 Å². The number of benzene rings is 2. The minimum absolute atomic E-state index is 0.115. The summed E-state index contributed by atoms with van der Waals surface area (Å²) in [5.41, 5.74) is 1.92. The summed E-state index contributed by atoms with van der Waals surface area (Å²) in [5, 5.41) is 2.86. The van der Waals surface area contributed by atoms with Crippen molar-refractivity contribution in [3.8, 4) is 5.75 Å². The Hall–Kier alpha value is -2.58. The van der Waals surface area contributed by atoms with E-state index in [1.54, 1.807) is 39.2 Å². The van der Waals surface area contributed by atoms with Crippen LogP contribution in [0.1, 0.15) is 19.4 Å². The Morgan fingerprint density at radius 3 is 2.31 bits per heavy atom. The van der Waals surface area contributed by atoms with Crippen molar-refractivity contribution in [3.05, 3.63) is 48.0 Å². The van der Waals surface area contributed by atoms with Crippen LogP contribution in [-0.2, 0) is 21.2 Å². The predicted molar refractivity (Wildman–Crippen MR) is 116 cm³/mol. The van der Waals surface area contributed by atoms with E-state index in [4.69, 9.17) is 4.74 Å². The quantitative estimate of drug-likeness (QED) is 0.676. The van der Waals surface area contributed by atoms with Crippen molar-refractivity contribution in [1.29, 1.82) is 0 Å². The van der Waals surface area contributed by atoms with Gasteiger partial charge in [0.15, 0.2) is 0 Å². The number of carbonyl (C=O) groups is 1. The van der Waals surface area contributed by atoms with Crippen LogP contribution in [0, 0.1) is 0 Å². The molecule has 0 atom stereocenters. The van der Waals surface area contributed by atoms with Gasteiger partial charge in [0.2, 0.25) is 15.9 Å². The number of para-hydroxylation sites is 1. The first-order chi connectivity index (χ1) is 13.7. The highest BCUT2D eigenvalue weighted by atomic mass is 32.2. The van der Waals surface area contributed by atoms with E-state index in [9.17, 15) is 13.2 Å². The number of rotatable bonds is 9. The normalized spacial score (nSPS) is 11.4. The lowest BCUT2D eigenvalue weighted by Gasteiger charge is -2.22. The molecule has 2 aromatic carbocycles. The Labute approximate surface area is 173 Å². The fourth-order valence-corrected chi connectivity index (χ4v) is 4.58. The SMILES string of the molecule is CCN(CC)S(=O)(=O)c1ccc(N(C)C)c(NC(=O)Cc2ccccc2OC)c1. The molecule has 29 heavy (non-hydrogen) atoms. The fraction of sp³-hybridized carbons (Fsp3) is 0.381. The third kappa shape index (κ3) is 5.27. The highest BCUT2D eigenvalue weighted by molar-refractivity contribution is 7.89. The van der Waals surface area contributed by atoms with Crippen LogP contribution in [0.3, 0.4) is 0 Å². The molecule has 1 amide bonds. The first-order valence-corrected chi connectivity index (χ1v) is 10.9. The second-order valence-corrected chi connectivity index (χ2v) is 8.64. The molecule has 0 saturated carbocycles. The first-order valence-electron chi connectivity index (χ1n) is 9.47. The summed E-state index contributed by atoms with van der Waals surface area (Å²) < 4.78 is 32.4. The average Bonchev–Trinajstić information content (AvgIpc) is 2.68. The summed E-state index contributed by atoms with van der Waals surface area (Å²) in [5.74, 6) is 0.378. The largest absolute Gasteiger partial charge is 0.496 e.